The summed E-state index contributed by atoms with van der Waals surface area (Å²) in [6, 6.07) is 0.576. The molecule has 0 saturated carbocycles. The highest BCUT2D eigenvalue weighted by molar-refractivity contribution is 6.34. The Morgan fingerprint density at radius 2 is 1.88 bits per heavy atom. The molecule has 2 aromatic rings. The molecule has 1 heterocycles. The number of nitrogens with one attached hydrogen (secondary N) is 1. The van der Waals surface area contributed by atoms with Crippen LogP contribution in [-0.2, 0) is 12.6 Å². The minimum atomic E-state index is -5.02. The van der Waals surface area contributed by atoms with Gasteiger partial charge in [0.05, 0.1) is 16.3 Å². The number of rotatable bonds is 4. The van der Waals surface area contributed by atoms with E-state index in [0.29, 0.717) is 6.07 Å². The van der Waals surface area contributed by atoms with Crippen LogP contribution < -0.4 is 11.2 Å². The number of alkyl halides is 3. The van der Waals surface area contributed by atoms with E-state index >= 15 is 0 Å². The molecule has 1 aromatic heterocycles. The summed E-state index contributed by atoms with van der Waals surface area (Å²) in [5.74, 6) is -2.95. The average molecular weight is 397 g/mol. The highest BCUT2D eigenvalue weighted by atomic mass is 35.5. The highest BCUT2D eigenvalue weighted by Gasteiger charge is 2.33. The molecule has 12 heteroatoms. The Morgan fingerprint density at radius 1 is 1.27 bits per heavy atom. The molecular weight excluding hydrogens is 388 g/mol. The van der Waals surface area contributed by atoms with Gasteiger partial charge in [-0.2, -0.15) is 13.2 Å². The van der Waals surface area contributed by atoms with Crippen LogP contribution >= 0.6 is 11.6 Å². The summed E-state index contributed by atoms with van der Waals surface area (Å²) in [6.45, 7) is -0.641. The van der Waals surface area contributed by atoms with Crippen molar-refractivity contribution in [2.75, 3.05) is 6.61 Å². The molecule has 2 rings (SSSR count). The number of benzene rings is 1. The van der Waals surface area contributed by atoms with Gasteiger partial charge in [-0.15, -0.1) is 0 Å². The Morgan fingerprint density at radius 3 is 2.35 bits per heavy atom. The minimum absolute atomic E-state index is 0.00815. The lowest BCUT2D eigenvalue weighted by molar-refractivity contribution is -0.141. The first kappa shape index (κ1) is 19.7. The van der Waals surface area contributed by atoms with Gasteiger partial charge in [-0.3, -0.25) is 4.79 Å². The van der Waals surface area contributed by atoms with Crippen molar-refractivity contribution in [2.24, 2.45) is 0 Å². The van der Waals surface area contributed by atoms with Gasteiger partial charge >= 0.3 is 17.8 Å². The summed E-state index contributed by atoms with van der Waals surface area (Å²) < 4.78 is 52.5. The Labute approximate surface area is 146 Å². The van der Waals surface area contributed by atoms with Crippen molar-refractivity contribution in [3.05, 3.63) is 60.6 Å². The van der Waals surface area contributed by atoms with Crippen LogP contribution in [0.4, 0.5) is 17.6 Å². The number of aliphatic hydroxyl groups is 1. The molecule has 0 aliphatic carbocycles. The maximum absolute atomic E-state index is 14.6. The molecule has 0 fully saturated rings. The lowest BCUT2D eigenvalue weighted by Crippen LogP contribution is -2.36. The van der Waals surface area contributed by atoms with Gasteiger partial charge in [-0.1, -0.05) is 11.6 Å². The maximum Gasteiger partial charge on any atom is 0.431 e. The van der Waals surface area contributed by atoms with Gasteiger partial charge in [0.2, 0.25) is 0 Å². The molecule has 0 spiro atoms. The zero-order chi connectivity index (χ0) is 19.8. The lowest BCUT2D eigenvalue weighted by Gasteiger charge is -2.14. The van der Waals surface area contributed by atoms with Crippen molar-refractivity contribution in [3.63, 3.8) is 0 Å². The first-order valence-electron chi connectivity index (χ1n) is 6.78. The van der Waals surface area contributed by atoms with Crippen LogP contribution in [0.1, 0.15) is 21.6 Å². The number of H-pyrrole nitrogens is 1. The Kier molecular flexibility index (Phi) is 5.23. The van der Waals surface area contributed by atoms with E-state index in [1.165, 1.54) is 4.98 Å². The number of hydrogen-bond acceptors (Lipinski definition) is 4. The largest absolute Gasteiger partial charge is 0.478 e. The van der Waals surface area contributed by atoms with Crippen molar-refractivity contribution < 1.29 is 32.6 Å². The summed E-state index contributed by atoms with van der Waals surface area (Å²) >= 11 is 5.76. The quantitative estimate of drug-likeness (QED) is 0.679. The second-order valence-corrected chi connectivity index (χ2v) is 5.37. The second-order valence-electron chi connectivity index (χ2n) is 4.99. The topological polar surface area (TPSA) is 112 Å². The third-order valence-electron chi connectivity index (χ3n) is 3.34. The van der Waals surface area contributed by atoms with Crippen molar-refractivity contribution in [1.29, 1.82) is 0 Å². The highest BCUT2D eigenvalue weighted by Crippen LogP contribution is 2.29. The average Bonchev–Trinajstić information content (AvgIpc) is 2.51. The summed E-state index contributed by atoms with van der Waals surface area (Å²) in [6.07, 6.45) is -5.48. The predicted octanol–water partition coefficient (Wildman–Crippen LogP) is 1.57. The standard InChI is InChI=1S/C14H9ClF4N2O5/c15-10-5(1-2-22)11(16)7(3-6(10)12(24)25)21-9(23)4-8(14(17,18)19)20-13(21)26/h3-4,22H,1-2H2,(H,20,26)(H,24,25). The summed E-state index contributed by atoms with van der Waals surface area (Å²) in [4.78, 5) is 36.5. The molecule has 26 heavy (non-hydrogen) atoms. The zero-order valence-electron chi connectivity index (χ0n) is 12.5. The van der Waals surface area contributed by atoms with Gasteiger partial charge in [-0.05, 0) is 12.5 Å². The number of hydrogen-bond donors (Lipinski definition) is 3. The van der Waals surface area contributed by atoms with Crippen LogP contribution in [0, 0.1) is 5.82 Å². The smallest absolute Gasteiger partial charge is 0.431 e. The molecule has 0 unspecified atom stereocenters. The van der Waals surface area contributed by atoms with E-state index in [-0.39, 0.29) is 10.6 Å². The number of halogens is 5. The van der Waals surface area contributed by atoms with E-state index in [4.69, 9.17) is 21.8 Å². The molecular formula is C14H9ClF4N2O5. The maximum atomic E-state index is 14.6. The normalized spacial score (nSPS) is 11.6. The molecule has 0 radical (unpaired) electrons. The van der Waals surface area contributed by atoms with Gasteiger partial charge in [0.1, 0.15) is 5.69 Å². The number of carbonyl (C=O) groups is 1. The Hall–Kier alpha value is -2.66. The van der Waals surface area contributed by atoms with E-state index in [9.17, 15) is 31.9 Å². The molecule has 140 valence electrons. The van der Waals surface area contributed by atoms with Crippen molar-refractivity contribution >= 4 is 17.6 Å². The van der Waals surface area contributed by atoms with Gasteiger partial charge in [0.15, 0.2) is 5.82 Å². The minimum Gasteiger partial charge on any atom is -0.478 e. The summed E-state index contributed by atoms with van der Waals surface area (Å²) in [5, 5.41) is 17.5. The van der Waals surface area contributed by atoms with Crippen LogP contribution in [0.25, 0.3) is 5.69 Å². The summed E-state index contributed by atoms with van der Waals surface area (Å²) in [7, 11) is 0. The molecule has 3 N–H and O–H groups in total. The van der Waals surface area contributed by atoms with Crippen molar-refractivity contribution in [3.8, 4) is 5.69 Å². The Balaban J connectivity index is 2.87. The van der Waals surface area contributed by atoms with Crippen LogP contribution in [0.5, 0.6) is 0 Å². The van der Waals surface area contributed by atoms with Crippen molar-refractivity contribution in [2.45, 2.75) is 12.6 Å². The lowest BCUT2D eigenvalue weighted by atomic mass is 10.1. The molecule has 1 aromatic carbocycles. The van der Waals surface area contributed by atoms with Crippen LogP contribution in [-0.4, -0.2) is 32.3 Å². The van der Waals surface area contributed by atoms with E-state index in [1.807, 2.05) is 0 Å². The third-order valence-corrected chi connectivity index (χ3v) is 3.78. The molecule has 0 saturated heterocycles. The van der Waals surface area contributed by atoms with E-state index in [2.05, 4.69) is 0 Å². The molecule has 0 aliphatic rings. The SMILES string of the molecule is O=C(O)c1cc(-n2c(=O)cc(C(F)(F)F)[nH]c2=O)c(F)c(CCO)c1Cl. The van der Waals surface area contributed by atoms with Gasteiger partial charge in [-0.25, -0.2) is 18.5 Å². The fourth-order valence-corrected chi connectivity index (χ4v) is 2.52. The first-order chi connectivity index (χ1) is 12.0. The molecule has 0 aliphatic heterocycles. The summed E-state index contributed by atoms with van der Waals surface area (Å²) in [5.41, 5.74) is -6.92. The van der Waals surface area contributed by atoms with Gasteiger partial charge < -0.3 is 15.2 Å². The van der Waals surface area contributed by atoms with Crippen LogP contribution in [0.2, 0.25) is 5.02 Å². The molecule has 7 nitrogen and oxygen atoms in total. The number of nitrogens with zero attached hydrogens (tertiary/aromatic N) is 1. The molecule has 0 atom stereocenters. The monoisotopic (exact) mass is 396 g/mol. The fraction of sp³-hybridized carbons (Fsp3) is 0.214. The third kappa shape index (κ3) is 3.48. The number of aromatic carboxylic acids is 1. The number of carboxylic acid groups (broad SMARTS) is 1. The van der Waals surface area contributed by atoms with E-state index < -0.39 is 69.8 Å². The molecule has 0 bridgehead atoms. The zero-order valence-corrected chi connectivity index (χ0v) is 13.3. The number of aromatic amines is 1. The number of aliphatic hydroxyl groups excluding tert-OH is 1. The number of aromatic nitrogens is 2. The van der Waals surface area contributed by atoms with E-state index in [1.54, 1.807) is 0 Å². The predicted molar refractivity (Wildman–Crippen MR) is 80.4 cm³/mol. The fourth-order valence-electron chi connectivity index (χ4n) is 2.20. The van der Waals surface area contributed by atoms with Crippen LogP contribution in [0.15, 0.2) is 21.7 Å². The Bertz CT molecular complexity index is 965. The molecule has 0 amide bonds. The van der Waals surface area contributed by atoms with Gasteiger partial charge in [0, 0.05) is 18.2 Å². The van der Waals surface area contributed by atoms with Crippen LogP contribution in [0.3, 0.4) is 0 Å². The van der Waals surface area contributed by atoms with E-state index in [0.717, 1.165) is 0 Å². The number of carboxylic acids is 1. The second kappa shape index (κ2) is 6.92. The van der Waals surface area contributed by atoms with Crippen molar-refractivity contribution in [1.82, 2.24) is 9.55 Å². The van der Waals surface area contributed by atoms with Gasteiger partial charge in [0.25, 0.3) is 5.56 Å². The first-order valence-corrected chi connectivity index (χ1v) is 7.15.